The van der Waals surface area contributed by atoms with Crippen LogP contribution in [0.2, 0.25) is 6.04 Å². The van der Waals surface area contributed by atoms with Crippen LogP contribution in [0.15, 0.2) is 0 Å². The highest BCUT2D eigenvalue weighted by Gasteiger charge is 1.94. The number of carbonyl (C=O) groups excluding carboxylic acids is 3. The van der Waals surface area contributed by atoms with Gasteiger partial charge in [-0.05, 0) is 0 Å². The standard InChI is InChI=1S/C18H40Si.3CHNO/c1-2-3-4-5-6-7-8-9-10-11-12-13-14-15-16-17-18-19;3*2-1-3/h2-18H2,1,19H3;3*2H. The Kier molecular flexibility index (Phi) is 54.1. The lowest BCUT2D eigenvalue weighted by Gasteiger charge is -2.03. The third-order valence-electron chi connectivity index (χ3n) is 4.21. The van der Waals surface area contributed by atoms with E-state index in [-0.39, 0.29) is 0 Å². The highest BCUT2D eigenvalue weighted by atomic mass is 28.1. The first-order valence-corrected chi connectivity index (χ1v) is 12.2. The van der Waals surface area contributed by atoms with E-state index in [1.54, 1.807) is 0 Å². The van der Waals surface area contributed by atoms with Crippen molar-refractivity contribution >= 4 is 28.5 Å². The normalized spacial score (nSPS) is 8.46. The first kappa shape index (κ1) is 33.9. The molecule has 0 aromatic heterocycles. The Labute approximate surface area is 175 Å². The number of rotatable bonds is 16. The smallest absolute Gasteiger partial charge is 0.222 e. The van der Waals surface area contributed by atoms with Crippen LogP contribution in [0.4, 0.5) is 0 Å². The molecule has 3 N–H and O–H groups in total. The van der Waals surface area contributed by atoms with Gasteiger partial charge in [0.15, 0.2) is 0 Å². The van der Waals surface area contributed by atoms with Crippen LogP contribution in [-0.2, 0) is 14.4 Å². The fraction of sp³-hybridized carbons (Fsp3) is 0.857. The SMILES string of the molecule is CCCCCCCCCCCCCCCCCC[SiH3].N=C=O.N=C=O.N=C=O. The van der Waals surface area contributed by atoms with Gasteiger partial charge in [0.25, 0.3) is 0 Å². The van der Waals surface area contributed by atoms with Crippen LogP contribution in [0.1, 0.15) is 110 Å². The van der Waals surface area contributed by atoms with Gasteiger partial charge in [-0.25, -0.2) is 30.6 Å². The van der Waals surface area contributed by atoms with Crippen LogP contribution < -0.4 is 0 Å². The molecule has 0 unspecified atom stereocenters. The fourth-order valence-electron chi connectivity index (χ4n) is 2.80. The molecule has 0 aromatic carbocycles. The van der Waals surface area contributed by atoms with Crippen molar-refractivity contribution in [3.63, 3.8) is 0 Å². The third-order valence-corrected chi connectivity index (χ3v) is 4.91. The molecule has 0 radical (unpaired) electrons. The zero-order chi connectivity index (χ0) is 22.1. The summed E-state index contributed by atoms with van der Waals surface area (Å²) in [6.45, 7) is 2.30. The van der Waals surface area contributed by atoms with Gasteiger partial charge < -0.3 is 0 Å². The Hall–Kier alpha value is -1.64. The van der Waals surface area contributed by atoms with Crippen molar-refractivity contribution in [2.75, 3.05) is 0 Å². The summed E-state index contributed by atoms with van der Waals surface area (Å²) < 4.78 is 0. The molecule has 0 saturated carbocycles. The average Bonchev–Trinajstić information content (AvgIpc) is 2.67. The molecule has 6 nitrogen and oxygen atoms in total. The van der Waals surface area contributed by atoms with Gasteiger partial charge in [-0.3, -0.25) is 0 Å². The van der Waals surface area contributed by atoms with Crippen LogP contribution in [-0.4, -0.2) is 28.5 Å². The van der Waals surface area contributed by atoms with Gasteiger partial charge in [0.05, 0.1) is 0 Å². The number of nitrogens with one attached hydrogen (secondary N) is 3. The van der Waals surface area contributed by atoms with Crippen LogP contribution in [0.5, 0.6) is 0 Å². The first-order valence-electron chi connectivity index (χ1n) is 10.8. The quantitative estimate of drug-likeness (QED) is 0.129. The summed E-state index contributed by atoms with van der Waals surface area (Å²) in [5.74, 6) is 0. The van der Waals surface area contributed by atoms with Gasteiger partial charge in [-0.15, -0.1) is 0 Å². The Morgan fingerprint density at radius 2 is 0.679 bits per heavy atom. The molecule has 0 fully saturated rings. The van der Waals surface area contributed by atoms with E-state index >= 15 is 0 Å². The Morgan fingerprint density at radius 3 is 0.857 bits per heavy atom. The van der Waals surface area contributed by atoms with Gasteiger partial charge in [0, 0.05) is 10.2 Å². The topological polar surface area (TPSA) is 123 Å². The summed E-state index contributed by atoms with van der Waals surface area (Å²) in [4.78, 5) is 25.0. The third kappa shape index (κ3) is 64.5. The minimum Gasteiger partial charge on any atom is -0.222 e. The molecule has 0 aliphatic heterocycles. The maximum atomic E-state index is 8.35. The molecule has 0 heterocycles. The minimum absolute atomic E-state index is 0.750. The lowest BCUT2D eigenvalue weighted by atomic mass is 10.0. The fourth-order valence-corrected chi connectivity index (χ4v) is 3.30. The van der Waals surface area contributed by atoms with E-state index in [4.69, 9.17) is 30.6 Å². The first-order chi connectivity index (χ1) is 13.7. The Balaban J connectivity index is -0.000000269. The van der Waals surface area contributed by atoms with Crippen molar-refractivity contribution in [2.45, 2.75) is 116 Å². The summed E-state index contributed by atoms with van der Waals surface area (Å²) in [7, 11) is 1.41. The Morgan fingerprint density at radius 1 is 0.500 bits per heavy atom. The lowest BCUT2D eigenvalue weighted by Crippen LogP contribution is -1.83. The molecule has 7 heteroatoms. The maximum Gasteiger partial charge on any atom is 0.231 e. The van der Waals surface area contributed by atoms with E-state index in [2.05, 4.69) is 6.92 Å². The van der Waals surface area contributed by atoms with E-state index in [9.17, 15) is 0 Å². The van der Waals surface area contributed by atoms with E-state index in [1.807, 2.05) is 0 Å². The van der Waals surface area contributed by atoms with Crippen LogP contribution in [0.25, 0.3) is 0 Å². The van der Waals surface area contributed by atoms with Gasteiger partial charge in [0.2, 0.25) is 18.2 Å². The molecule has 0 aliphatic rings. The van der Waals surface area contributed by atoms with E-state index in [0.717, 1.165) is 18.2 Å². The zero-order valence-electron chi connectivity index (χ0n) is 18.2. The summed E-state index contributed by atoms with van der Waals surface area (Å²) in [5, 5.41) is 16.2. The van der Waals surface area contributed by atoms with Crippen molar-refractivity contribution in [2.24, 2.45) is 0 Å². The van der Waals surface area contributed by atoms with Crippen LogP contribution in [0.3, 0.4) is 0 Å². The molecular weight excluding hydrogens is 370 g/mol. The largest absolute Gasteiger partial charge is 0.231 e. The van der Waals surface area contributed by atoms with Crippen molar-refractivity contribution < 1.29 is 14.4 Å². The monoisotopic (exact) mass is 413 g/mol. The van der Waals surface area contributed by atoms with Crippen LogP contribution in [0, 0.1) is 16.2 Å². The van der Waals surface area contributed by atoms with Crippen LogP contribution >= 0.6 is 0 Å². The van der Waals surface area contributed by atoms with E-state index in [0.29, 0.717) is 0 Å². The van der Waals surface area contributed by atoms with Gasteiger partial charge >= 0.3 is 0 Å². The lowest BCUT2D eigenvalue weighted by molar-refractivity contribution is 0.531. The predicted molar refractivity (Wildman–Crippen MR) is 120 cm³/mol. The number of hydrogen-bond donors (Lipinski definition) is 3. The molecule has 28 heavy (non-hydrogen) atoms. The molecule has 0 saturated heterocycles. The van der Waals surface area contributed by atoms with Crippen molar-refractivity contribution in [3.05, 3.63) is 0 Å². The summed E-state index contributed by atoms with van der Waals surface area (Å²) >= 11 is 0. The highest BCUT2D eigenvalue weighted by Crippen LogP contribution is 2.13. The van der Waals surface area contributed by atoms with Gasteiger partial charge in [-0.1, -0.05) is 116 Å². The molecule has 0 aliphatic carbocycles. The van der Waals surface area contributed by atoms with Gasteiger partial charge in [0.1, 0.15) is 0 Å². The van der Waals surface area contributed by atoms with E-state index < -0.39 is 0 Å². The highest BCUT2D eigenvalue weighted by molar-refractivity contribution is 6.08. The molecule has 0 bridgehead atoms. The molecule has 0 rings (SSSR count). The molecule has 0 atom stereocenters. The molecule has 0 aromatic rings. The molecule has 0 spiro atoms. The zero-order valence-corrected chi connectivity index (χ0v) is 20.2. The summed E-state index contributed by atoms with van der Waals surface area (Å²) in [5.41, 5.74) is 0. The maximum absolute atomic E-state index is 8.35. The van der Waals surface area contributed by atoms with Crippen molar-refractivity contribution in [3.8, 4) is 0 Å². The second kappa shape index (κ2) is 44.6. The number of unbranched alkanes of at least 4 members (excludes halogenated alkanes) is 15. The summed E-state index contributed by atoms with van der Waals surface area (Å²) in [6, 6.07) is 1.51. The molecular formula is C21H43N3O3Si. The van der Waals surface area contributed by atoms with Gasteiger partial charge in [-0.2, -0.15) is 0 Å². The van der Waals surface area contributed by atoms with Crippen molar-refractivity contribution in [1.82, 2.24) is 0 Å². The molecule has 164 valence electrons. The van der Waals surface area contributed by atoms with E-state index in [1.165, 1.54) is 119 Å². The van der Waals surface area contributed by atoms with Crippen molar-refractivity contribution in [1.29, 1.82) is 16.2 Å². The average molecular weight is 414 g/mol. The number of isocyanates is 3. The minimum atomic E-state index is 0.750. The molecule has 0 amide bonds. The Bertz CT molecular complexity index is 317. The second-order valence-electron chi connectivity index (χ2n) is 6.61. The predicted octanol–water partition coefficient (Wildman–Crippen LogP) is 5.73. The second-order valence-corrected chi connectivity index (χ2v) is 7.61. The number of hydrogen-bond acceptors (Lipinski definition) is 6. The summed E-state index contributed by atoms with van der Waals surface area (Å²) in [6.07, 6.45) is 26.0.